The summed E-state index contributed by atoms with van der Waals surface area (Å²) >= 11 is 0. The Morgan fingerprint density at radius 3 is 2.44 bits per heavy atom. The molecule has 1 saturated carbocycles. The first-order valence-electron chi connectivity index (χ1n) is 9.14. The van der Waals surface area contributed by atoms with Gasteiger partial charge in [0.05, 0.1) is 0 Å². The Kier molecular flexibility index (Phi) is 7.21. The van der Waals surface area contributed by atoms with E-state index < -0.39 is 17.9 Å². The molecule has 3 rings (SSSR count). The van der Waals surface area contributed by atoms with E-state index in [1.807, 2.05) is 4.90 Å². The van der Waals surface area contributed by atoms with E-state index in [1.54, 1.807) is 24.3 Å². The number of benzene rings is 1. The quantitative estimate of drug-likeness (QED) is 0.683. The molecule has 2 aliphatic rings. The van der Waals surface area contributed by atoms with E-state index in [4.69, 9.17) is 5.73 Å². The van der Waals surface area contributed by atoms with Gasteiger partial charge in [-0.25, -0.2) is 0 Å². The fourth-order valence-corrected chi connectivity index (χ4v) is 4.29. The molecule has 0 radical (unpaired) electrons. The number of carboxylic acid groups (broad SMARTS) is 1. The second kappa shape index (κ2) is 9.19. The van der Waals surface area contributed by atoms with Crippen molar-refractivity contribution in [3.63, 3.8) is 0 Å². The van der Waals surface area contributed by atoms with Gasteiger partial charge >= 0.3 is 5.97 Å². The van der Waals surface area contributed by atoms with Crippen LogP contribution in [0.15, 0.2) is 24.3 Å². The molecule has 0 aromatic heterocycles. The average Bonchev–Trinajstić information content (AvgIpc) is 2.99. The third-order valence-corrected chi connectivity index (χ3v) is 5.56. The number of carbonyl (C=O) groups excluding carboxylic acids is 2. The number of carboxylic acids is 1. The Balaban J connectivity index is 0.00000261. The molecule has 148 valence electrons. The number of anilines is 1. The zero-order valence-corrected chi connectivity index (χ0v) is 15.9. The summed E-state index contributed by atoms with van der Waals surface area (Å²) < 4.78 is 0. The number of fused-ring (bicyclic) bond motifs is 1. The second-order valence-electron chi connectivity index (χ2n) is 7.18. The van der Waals surface area contributed by atoms with Crippen molar-refractivity contribution < 1.29 is 19.5 Å². The lowest BCUT2D eigenvalue weighted by Gasteiger charge is -2.32. The Labute approximate surface area is 164 Å². The van der Waals surface area contributed by atoms with Crippen LogP contribution in [0.4, 0.5) is 5.69 Å². The van der Waals surface area contributed by atoms with Crippen molar-refractivity contribution in [1.29, 1.82) is 0 Å². The maximum atomic E-state index is 12.2. The number of carbonyl (C=O) groups is 3. The normalized spacial score (nSPS) is 24.5. The van der Waals surface area contributed by atoms with E-state index in [9.17, 15) is 19.5 Å². The van der Waals surface area contributed by atoms with E-state index in [0.717, 1.165) is 19.3 Å². The Morgan fingerprint density at radius 1 is 1.15 bits per heavy atom. The molecule has 7 nitrogen and oxygen atoms in total. The van der Waals surface area contributed by atoms with Gasteiger partial charge in [0.2, 0.25) is 11.8 Å². The number of hydrogen-bond acceptors (Lipinski definition) is 4. The van der Waals surface area contributed by atoms with E-state index >= 15 is 0 Å². The lowest BCUT2D eigenvalue weighted by atomic mass is 9.85. The maximum absolute atomic E-state index is 12.2. The third kappa shape index (κ3) is 4.99. The molecule has 8 heteroatoms. The number of aliphatic carboxylic acids is 1. The highest BCUT2D eigenvalue weighted by atomic mass is 35.5. The summed E-state index contributed by atoms with van der Waals surface area (Å²) in [5.41, 5.74) is 6.17. The topological polar surface area (TPSA) is 113 Å². The average molecular weight is 396 g/mol. The van der Waals surface area contributed by atoms with Crippen molar-refractivity contribution in [3.8, 4) is 0 Å². The van der Waals surface area contributed by atoms with E-state index in [2.05, 4.69) is 5.32 Å². The highest BCUT2D eigenvalue weighted by Gasteiger charge is 2.44. The van der Waals surface area contributed by atoms with E-state index in [0.29, 0.717) is 30.1 Å². The van der Waals surface area contributed by atoms with Gasteiger partial charge in [0, 0.05) is 30.3 Å². The fourth-order valence-electron chi connectivity index (χ4n) is 4.29. The summed E-state index contributed by atoms with van der Waals surface area (Å²) in [6.45, 7) is 0.448. The molecule has 0 bridgehead atoms. The summed E-state index contributed by atoms with van der Waals surface area (Å²) in [4.78, 5) is 36.9. The zero-order valence-electron chi connectivity index (χ0n) is 15.1. The van der Waals surface area contributed by atoms with Gasteiger partial charge in [-0.15, -0.1) is 12.4 Å². The first-order valence-corrected chi connectivity index (χ1v) is 9.14. The Morgan fingerprint density at radius 2 is 1.81 bits per heavy atom. The van der Waals surface area contributed by atoms with Gasteiger partial charge < -0.3 is 16.2 Å². The number of rotatable bonds is 6. The molecule has 3 atom stereocenters. The number of nitrogens with zero attached hydrogens (tertiary/aromatic N) is 1. The third-order valence-electron chi connectivity index (χ3n) is 5.56. The van der Waals surface area contributed by atoms with Crippen LogP contribution < -0.4 is 11.1 Å². The number of amides is 2. The minimum Gasteiger partial charge on any atom is -0.480 e. The first kappa shape index (κ1) is 21.2. The second-order valence-corrected chi connectivity index (χ2v) is 7.18. The minimum atomic E-state index is -0.790. The van der Waals surface area contributed by atoms with Gasteiger partial charge in [-0.3, -0.25) is 19.3 Å². The number of nitrogens with one attached hydrogen (secondary N) is 1. The van der Waals surface area contributed by atoms with Crippen molar-refractivity contribution in [1.82, 2.24) is 4.90 Å². The zero-order chi connectivity index (χ0) is 18.7. The van der Waals surface area contributed by atoms with Gasteiger partial charge in [-0.1, -0.05) is 12.8 Å². The summed E-state index contributed by atoms with van der Waals surface area (Å²) in [5, 5.41) is 12.3. The summed E-state index contributed by atoms with van der Waals surface area (Å²) in [7, 11) is 0. The summed E-state index contributed by atoms with van der Waals surface area (Å²) in [5.74, 6) is -1.03. The minimum absolute atomic E-state index is 0. The number of halogens is 1. The van der Waals surface area contributed by atoms with Crippen molar-refractivity contribution in [2.45, 2.75) is 50.6 Å². The highest BCUT2D eigenvalue weighted by molar-refractivity contribution is 5.94. The van der Waals surface area contributed by atoms with Crippen molar-refractivity contribution >= 4 is 35.9 Å². The van der Waals surface area contributed by atoms with Crippen LogP contribution in [0.1, 0.15) is 48.9 Å². The van der Waals surface area contributed by atoms with Crippen LogP contribution in [0.2, 0.25) is 0 Å². The van der Waals surface area contributed by atoms with Crippen molar-refractivity contribution in [3.05, 3.63) is 29.8 Å². The maximum Gasteiger partial charge on any atom is 0.320 e. The molecule has 4 N–H and O–H groups in total. The van der Waals surface area contributed by atoms with Crippen LogP contribution in [0, 0.1) is 5.92 Å². The molecule has 1 heterocycles. The van der Waals surface area contributed by atoms with Gasteiger partial charge in [0.15, 0.2) is 0 Å². The van der Waals surface area contributed by atoms with Crippen LogP contribution in [-0.4, -0.2) is 46.4 Å². The van der Waals surface area contributed by atoms with E-state index in [1.165, 1.54) is 6.42 Å². The largest absolute Gasteiger partial charge is 0.480 e. The number of likely N-dealkylation sites (tertiary alicyclic amines) is 1. The smallest absolute Gasteiger partial charge is 0.320 e. The van der Waals surface area contributed by atoms with Crippen molar-refractivity contribution in [2.75, 3.05) is 11.9 Å². The lowest BCUT2D eigenvalue weighted by molar-refractivity contribution is -0.143. The molecule has 1 aliphatic heterocycles. The molecular formula is C19H26ClN3O4. The lowest BCUT2D eigenvalue weighted by Crippen LogP contribution is -2.43. The summed E-state index contributed by atoms with van der Waals surface area (Å²) in [6, 6.07) is 6.19. The van der Waals surface area contributed by atoms with Gasteiger partial charge in [-0.05, 0) is 49.4 Å². The molecule has 3 unspecified atom stereocenters. The van der Waals surface area contributed by atoms with Crippen LogP contribution in [0.3, 0.4) is 0 Å². The molecule has 1 aromatic rings. The standard InChI is InChI=1S/C19H25N3O4.ClH/c20-18(24)12-5-7-14(8-6-12)21-17(23)9-10-22-15-4-2-1-3-13(15)11-16(22)19(25)26;/h5-8,13,15-16H,1-4,9-11H2,(H2,20,24)(H,21,23)(H,25,26);1H. The molecule has 0 spiro atoms. The fraction of sp³-hybridized carbons (Fsp3) is 0.526. The molecule has 1 saturated heterocycles. The monoisotopic (exact) mass is 395 g/mol. The highest BCUT2D eigenvalue weighted by Crippen LogP contribution is 2.39. The van der Waals surface area contributed by atoms with Crippen molar-refractivity contribution in [2.24, 2.45) is 11.7 Å². The SMILES string of the molecule is Cl.NC(=O)c1ccc(NC(=O)CCN2C(C(=O)O)CC3CCCCC32)cc1. The first-order chi connectivity index (χ1) is 12.5. The van der Waals surface area contributed by atoms with Gasteiger partial charge in [0.1, 0.15) is 6.04 Å². The van der Waals surface area contributed by atoms with Gasteiger partial charge in [0.25, 0.3) is 0 Å². The predicted octanol–water partition coefficient (Wildman–Crippen LogP) is 2.25. The number of primary amides is 1. The van der Waals surface area contributed by atoms with Gasteiger partial charge in [-0.2, -0.15) is 0 Å². The molecule has 2 fully saturated rings. The Hall–Kier alpha value is -2.12. The van der Waals surface area contributed by atoms with Crippen LogP contribution in [-0.2, 0) is 9.59 Å². The molecule has 1 aliphatic carbocycles. The van der Waals surface area contributed by atoms with Crippen LogP contribution >= 0.6 is 12.4 Å². The molecule has 2 amide bonds. The van der Waals surface area contributed by atoms with Crippen LogP contribution in [0.25, 0.3) is 0 Å². The molecular weight excluding hydrogens is 370 g/mol. The summed E-state index contributed by atoms with van der Waals surface area (Å²) in [6.07, 6.45) is 5.33. The number of nitrogens with two attached hydrogens (primary N) is 1. The Bertz CT molecular complexity index is 695. The van der Waals surface area contributed by atoms with E-state index in [-0.39, 0.29) is 30.8 Å². The predicted molar refractivity (Wildman–Crippen MR) is 104 cm³/mol. The molecule has 1 aromatic carbocycles. The number of hydrogen-bond donors (Lipinski definition) is 3. The van der Waals surface area contributed by atoms with Crippen LogP contribution in [0.5, 0.6) is 0 Å². The molecule has 27 heavy (non-hydrogen) atoms.